The minimum absolute atomic E-state index is 0.408. The van der Waals surface area contributed by atoms with Crippen LogP contribution in [0.2, 0.25) is 0 Å². The van der Waals surface area contributed by atoms with E-state index in [1.807, 2.05) is 24.3 Å². The minimum Gasteiger partial charge on any atom is -0.508 e. The molecular formula is C35H48N2O3. The third-order valence-corrected chi connectivity index (χ3v) is 7.23. The highest BCUT2D eigenvalue weighted by Crippen LogP contribution is 2.32. The molecule has 5 heteroatoms. The number of hydrogen-bond acceptors (Lipinski definition) is 5. The van der Waals surface area contributed by atoms with Crippen molar-refractivity contribution in [1.82, 2.24) is 4.90 Å². The first-order chi connectivity index (χ1) is 19.5. The Morgan fingerprint density at radius 1 is 0.775 bits per heavy atom. The topological polar surface area (TPSA) is 45.2 Å². The smallest absolute Gasteiger partial charge is 0.162 e. The number of phenols is 1. The number of terminal acetylenes is 1. The van der Waals surface area contributed by atoms with Crippen LogP contribution in [0.3, 0.4) is 0 Å². The maximum absolute atomic E-state index is 9.19. The zero-order chi connectivity index (χ0) is 29.3. The third kappa shape index (κ3) is 10.2. The number of ether oxygens (including phenoxy) is 2. The van der Waals surface area contributed by atoms with E-state index in [0.717, 1.165) is 56.2 Å². The Labute approximate surface area is 242 Å². The first kappa shape index (κ1) is 32.6. The molecule has 0 unspecified atom stereocenters. The van der Waals surface area contributed by atoms with E-state index in [-0.39, 0.29) is 0 Å². The second-order valence-corrected chi connectivity index (χ2v) is 10.1. The molecule has 4 rings (SSSR count). The van der Waals surface area contributed by atoms with Crippen molar-refractivity contribution in [3.8, 4) is 30.1 Å². The van der Waals surface area contributed by atoms with Crippen LogP contribution in [0.25, 0.3) is 0 Å². The fourth-order valence-corrected chi connectivity index (χ4v) is 4.97. The lowest BCUT2D eigenvalue weighted by Gasteiger charge is -2.24. The summed E-state index contributed by atoms with van der Waals surface area (Å²) in [5.74, 6) is 1.93. The Balaban J connectivity index is 0.000000355. The molecule has 0 heterocycles. The van der Waals surface area contributed by atoms with Gasteiger partial charge in [-0.3, -0.25) is 0 Å². The van der Waals surface area contributed by atoms with E-state index < -0.39 is 0 Å². The number of methoxy groups -OCH3 is 2. The van der Waals surface area contributed by atoms with Gasteiger partial charge in [-0.15, -0.1) is 12.8 Å². The molecule has 1 N–H and O–H groups in total. The fraction of sp³-hybridized carbons (Fsp3) is 0.429. The lowest BCUT2D eigenvalue weighted by Crippen LogP contribution is -2.22. The summed E-state index contributed by atoms with van der Waals surface area (Å²) in [5.41, 5.74) is 6.62. The molecule has 0 amide bonds. The van der Waals surface area contributed by atoms with E-state index in [4.69, 9.17) is 9.47 Å². The lowest BCUT2D eigenvalue weighted by atomic mass is 9.92. The number of phenolic OH excluding ortho intramolecular Hbond substituents is 1. The highest BCUT2D eigenvalue weighted by molar-refractivity contribution is 5.56. The fourth-order valence-electron chi connectivity index (χ4n) is 4.97. The highest BCUT2D eigenvalue weighted by atomic mass is 16.5. The largest absolute Gasteiger partial charge is 0.508 e. The van der Waals surface area contributed by atoms with Crippen LogP contribution in [0, 0.1) is 12.8 Å². The van der Waals surface area contributed by atoms with Crippen LogP contribution in [0.4, 0.5) is 5.69 Å². The maximum Gasteiger partial charge on any atom is 0.162 e. The van der Waals surface area contributed by atoms with Crippen LogP contribution in [-0.4, -0.2) is 50.9 Å². The van der Waals surface area contributed by atoms with Gasteiger partial charge in [0.05, 0.1) is 14.2 Å². The molecule has 0 radical (unpaired) electrons. The van der Waals surface area contributed by atoms with E-state index in [1.165, 1.54) is 47.9 Å². The van der Waals surface area contributed by atoms with Gasteiger partial charge in [0, 0.05) is 31.4 Å². The zero-order valence-corrected chi connectivity index (χ0v) is 25.2. The second kappa shape index (κ2) is 17.9. The molecule has 40 heavy (non-hydrogen) atoms. The van der Waals surface area contributed by atoms with Gasteiger partial charge in [-0.2, -0.15) is 0 Å². The molecule has 0 fully saturated rings. The Hall–Kier alpha value is -3.62. The van der Waals surface area contributed by atoms with Crippen molar-refractivity contribution in [3.05, 3.63) is 82.9 Å². The molecule has 216 valence electrons. The molecular weight excluding hydrogens is 496 g/mol. The lowest BCUT2D eigenvalue weighted by molar-refractivity contribution is 0.339. The molecule has 0 aliphatic heterocycles. The first-order valence-corrected chi connectivity index (χ1v) is 14.3. The third-order valence-electron chi connectivity index (χ3n) is 7.23. The number of rotatable bonds is 11. The summed E-state index contributed by atoms with van der Waals surface area (Å²) < 4.78 is 10.8. The van der Waals surface area contributed by atoms with Crippen LogP contribution in [0.5, 0.6) is 17.2 Å². The number of nitrogens with zero attached hydrogens (tertiary/aromatic N) is 2. The van der Waals surface area contributed by atoms with Gasteiger partial charge in [0.25, 0.3) is 0 Å². The minimum atomic E-state index is 0.408. The van der Waals surface area contributed by atoms with Crippen molar-refractivity contribution in [3.63, 3.8) is 0 Å². The molecule has 0 saturated carbocycles. The van der Waals surface area contributed by atoms with Crippen molar-refractivity contribution in [2.45, 2.75) is 58.9 Å². The number of fused-ring (bicyclic) bond motifs is 1. The van der Waals surface area contributed by atoms with Gasteiger partial charge in [0.2, 0.25) is 0 Å². The summed E-state index contributed by atoms with van der Waals surface area (Å²) in [5, 5.41) is 9.19. The van der Waals surface area contributed by atoms with Crippen molar-refractivity contribution in [1.29, 1.82) is 0 Å². The molecule has 0 bridgehead atoms. The molecule has 1 aliphatic carbocycles. The Bertz CT molecular complexity index is 1160. The number of benzene rings is 3. The van der Waals surface area contributed by atoms with Gasteiger partial charge < -0.3 is 24.4 Å². The molecule has 0 aromatic heterocycles. The first-order valence-electron chi connectivity index (χ1n) is 14.3. The molecule has 3 aromatic rings. The van der Waals surface area contributed by atoms with Crippen molar-refractivity contribution >= 4 is 5.69 Å². The average Bonchev–Trinajstić information content (AvgIpc) is 3.00. The molecule has 5 nitrogen and oxygen atoms in total. The number of hydrogen-bond donors (Lipinski definition) is 1. The Morgan fingerprint density at radius 3 is 2.05 bits per heavy atom. The number of likely N-dealkylation sites (N-methyl/N-ethyl adjacent to an activating group) is 1. The standard InChI is InChI=1S/C23H34N2O2.C10H12O.C2H2/c1-6-15-24(3)16-14-19-8-10-20(11-9-19)18-25(7-2)21-12-13-22(26-4)23(17-21)27-5;11-10-6-5-8-3-1-2-4-9(8)7-10;1-2/h8-13,17H,6-7,14-16,18H2,1-5H3;5-7,11H,1-4H2;1-2H. The number of anilines is 1. The number of aromatic hydroxyl groups is 1. The monoisotopic (exact) mass is 544 g/mol. The predicted molar refractivity (Wildman–Crippen MR) is 169 cm³/mol. The molecule has 0 atom stereocenters. The maximum atomic E-state index is 9.19. The van der Waals surface area contributed by atoms with Crippen LogP contribution in [0.15, 0.2) is 60.7 Å². The van der Waals surface area contributed by atoms with E-state index in [9.17, 15) is 5.11 Å². The zero-order valence-electron chi connectivity index (χ0n) is 25.2. The summed E-state index contributed by atoms with van der Waals surface area (Å²) >= 11 is 0. The van der Waals surface area contributed by atoms with Crippen molar-refractivity contribution < 1.29 is 14.6 Å². The van der Waals surface area contributed by atoms with Crippen LogP contribution in [-0.2, 0) is 25.8 Å². The Kier molecular flexibility index (Phi) is 14.6. The van der Waals surface area contributed by atoms with Gasteiger partial charge in [-0.25, -0.2) is 0 Å². The summed E-state index contributed by atoms with van der Waals surface area (Å²) in [6.45, 7) is 8.48. The van der Waals surface area contributed by atoms with Crippen LogP contribution >= 0.6 is 0 Å². The summed E-state index contributed by atoms with van der Waals surface area (Å²) in [7, 11) is 5.53. The highest BCUT2D eigenvalue weighted by Gasteiger charge is 2.11. The summed E-state index contributed by atoms with van der Waals surface area (Å²) in [6.07, 6.45) is 15.2. The Morgan fingerprint density at radius 2 is 1.43 bits per heavy atom. The van der Waals surface area contributed by atoms with Gasteiger partial charge in [0.15, 0.2) is 11.5 Å². The van der Waals surface area contributed by atoms with E-state index >= 15 is 0 Å². The van der Waals surface area contributed by atoms with Crippen molar-refractivity contribution in [2.24, 2.45) is 0 Å². The number of aryl methyl sites for hydroxylation is 2. The van der Waals surface area contributed by atoms with Crippen molar-refractivity contribution in [2.75, 3.05) is 45.8 Å². The van der Waals surface area contributed by atoms with E-state index in [1.54, 1.807) is 20.3 Å². The normalized spacial score (nSPS) is 11.8. The van der Waals surface area contributed by atoms with Gasteiger partial charge in [0.1, 0.15) is 5.75 Å². The quantitative estimate of drug-likeness (QED) is 0.260. The molecule has 0 saturated heterocycles. The van der Waals surface area contributed by atoms with E-state index in [2.05, 4.69) is 73.9 Å². The van der Waals surface area contributed by atoms with Gasteiger partial charge in [-0.05, 0) is 106 Å². The molecule has 1 aliphatic rings. The van der Waals surface area contributed by atoms with E-state index in [0.29, 0.717) is 5.75 Å². The van der Waals surface area contributed by atoms with Gasteiger partial charge >= 0.3 is 0 Å². The summed E-state index contributed by atoms with van der Waals surface area (Å²) in [6, 6.07) is 20.8. The van der Waals surface area contributed by atoms with Gasteiger partial charge in [-0.1, -0.05) is 37.3 Å². The van der Waals surface area contributed by atoms with Crippen LogP contribution in [0.1, 0.15) is 55.4 Å². The average molecular weight is 545 g/mol. The summed E-state index contributed by atoms with van der Waals surface area (Å²) in [4.78, 5) is 4.73. The molecule has 3 aromatic carbocycles. The van der Waals surface area contributed by atoms with Crippen LogP contribution < -0.4 is 14.4 Å². The predicted octanol–water partition coefficient (Wildman–Crippen LogP) is 7.14. The second-order valence-electron chi connectivity index (χ2n) is 10.1. The SMILES string of the molecule is C#C.CCCN(C)CCc1ccc(CN(CC)c2ccc(OC)c(OC)c2)cc1.Oc1ccc2c(c1)CCCC2. The molecule has 0 spiro atoms.